The highest BCUT2D eigenvalue weighted by Gasteiger charge is 2.61. The Hall–Kier alpha value is -1.07. The topological polar surface area (TPSA) is 42.4 Å². The van der Waals surface area contributed by atoms with Crippen LogP contribution >= 0.6 is 11.8 Å². The molecule has 2 aliphatic rings. The van der Waals surface area contributed by atoms with E-state index < -0.39 is 0 Å². The second-order valence-corrected chi connectivity index (χ2v) is 8.43. The molecule has 132 valence electrons. The number of thioether (sulfide) groups is 1. The van der Waals surface area contributed by atoms with E-state index in [1.807, 2.05) is 12.1 Å². The van der Waals surface area contributed by atoms with Crippen molar-refractivity contribution >= 4 is 17.7 Å². The summed E-state index contributed by atoms with van der Waals surface area (Å²) in [6.07, 6.45) is 6.04. The number of rotatable bonds is 7. The van der Waals surface area contributed by atoms with Crippen molar-refractivity contribution in [1.82, 2.24) is 9.88 Å². The molecule has 0 radical (unpaired) electrons. The zero-order valence-electron chi connectivity index (χ0n) is 14.9. The quantitative estimate of drug-likeness (QED) is 0.758. The number of amides is 1. The number of fused-ring (bicyclic) bond motifs is 1. The molecule has 5 heteroatoms. The van der Waals surface area contributed by atoms with Gasteiger partial charge in [0.05, 0.1) is 11.9 Å². The van der Waals surface area contributed by atoms with Crippen LogP contribution in [0.25, 0.3) is 0 Å². The predicted octanol–water partition coefficient (Wildman–Crippen LogP) is 3.37. The highest BCUT2D eigenvalue weighted by molar-refractivity contribution is 7.99. The van der Waals surface area contributed by atoms with E-state index >= 15 is 0 Å². The molecule has 1 saturated carbocycles. The SMILES string of the molecule is CCCN(C(=O)CSCc1ccncc1)[C@@H]1[C@@H]2CCO[C@@H]2C1(C)C. The van der Waals surface area contributed by atoms with Crippen LogP contribution in [0.4, 0.5) is 0 Å². The van der Waals surface area contributed by atoms with Gasteiger partial charge in [-0.25, -0.2) is 0 Å². The molecule has 1 aromatic rings. The van der Waals surface area contributed by atoms with E-state index in [-0.39, 0.29) is 11.3 Å². The number of hydrogen-bond donors (Lipinski definition) is 0. The van der Waals surface area contributed by atoms with Gasteiger partial charge in [0.15, 0.2) is 0 Å². The van der Waals surface area contributed by atoms with E-state index in [1.54, 1.807) is 24.2 Å². The lowest BCUT2D eigenvalue weighted by Crippen LogP contribution is -2.68. The van der Waals surface area contributed by atoms with Gasteiger partial charge in [0.2, 0.25) is 5.91 Å². The van der Waals surface area contributed by atoms with Gasteiger partial charge in [-0.15, -0.1) is 11.8 Å². The zero-order chi connectivity index (χ0) is 17.2. The summed E-state index contributed by atoms with van der Waals surface area (Å²) >= 11 is 1.70. The number of pyridine rings is 1. The Kier molecular flexibility index (Phi) is 5.50. The fraction of sp³-hybridized carbons (Fsp3) is 0.684. The van der Waals surface area contributed by atoms with Crippen LogP contribution < -0.4 is 0 Å². The van der Waals surface area contributed by atoms with Gasteiger partial charge in [-0.2, -0.15) is 0 Å². The van der Waals surface area contributed by atoms with Crippen molar-refractivity contribution in [3.05, 3.63) is 30.1 Å². The molecule has 0 unspecified atom stereocenters. The lowest BCUT2D eigenvalue weighted by Gasteiger charge is -2.58. The number of carbonyl (C=O) groups is 1. The van der Waals surface area contributed by atoms with E-state index in [1.165, 1.54) is 5.56 Å². The van der Waals surface area contributed by atoms with E-state index in [9.17, 15) is 4.79 Å². The molecule has 2 heterocycles. The minimum atomic E-state index is 0.0712. The van der Waals surface area contributed by atoms with Crippen molar-refractivity contribution in [1.29, 1.82) is 0 Å². The fourth-order valence-electron chi connectivity index (χ4n) is 4.41. The van der Waals surface area contributed by atoms with Crippen LogP contribution in [0.15, 0.2) is 24.5 Å². The maximum atomic E-state index is 12.9. The van der Waals surface area contributed by atoms with E-state index in [0.717, 1.165) is 31.7 Å². The zero-order valence-corrected chi connectivity index (χ0v) is 15.7. The third kappa shape index (κ3) is 3.33. The third-order valence-corrected chi connectivity index (χ3v) is 6.39. The first-order valence-corrected chi connectivity index (χ1v) is 10.1. The summed E-state index contributed by atoms with van der Waals surface area (Å²) in [5.74, 6) is 2.21. The highest BCUT2D eigenvalue weighted by Crippen LogP contribution is 2.54. The molecular weight excluding hydrogens is 320 g/mol. The monoisotopic (exact) mass is 348 g/mol. The molecule has 1 saturated heterocycles. The Bertz CT molecular complexity index is 564. The molecule has 3 atom stereocenters. The van der Waals surface area contributed by atoms with Crippen LogP contribution in [0.3, 0.4) is 0 Å². The molecule has 2 fully saturated rings. The number of carbonyl (C=O) groups excluding carboxylic acids is 1. The lowest BCUT2D eigenvalue weighted by atomic mass is 9.56. The molecule has 4 nitrogen and oxygen atoms in total. The van der Waals surface area contributed by atoms with Crippen LogP contribution in [-0.4, -0.2) is 46.8 Å². The first-order valence-electron chi connectivity index (χ1n) is 8.93. The van der Waals surface area contributed by atoms with Gasteiger partial charge >= 0.3 is 0 Å². The average Bonchev–Trinajstić information content (AvgIpc) is 3.02. The second-order valence-electron chi connectivity index (χ2n) is 7.45. The summed E-state index contributed by atoms with van der Waals surface area (Å²) in [6.45, 7) is 8.36. The Morgan fingerprint density at radius 1 is 1.42 bits per heavy atom. The molecule has 1 aliphatic carbocycles. The molecule has 1 amide bonds. The van der Waals surface area contributed by atoms with E-state index in [2.05, 4.69) is 30.7 Å². The third-order valence-electron chi connectivity index (χ3n) is 5.40. The Labute approximate surface area is 149 Å². The molecule has 0 bridgehead atoms. The van der Waals surface area contributed by atoms with Crippen LogP contribution in [0.5, 0.6) is 0 Å². The van der Waals surface area contributed by atoms with Crippen LogP contribution in [0.1, 0.15) is 39.2 Å². The second kappa shape index (κ2) is 7.44. The first kappa shape index (κ1) is 17.7. The average molecular weight is 349 g/mol. The van der Waals surface area contributed by atoms with E-state index in [0.29, 0.717) is 23.8 Å². The highest BCUT2D eigenvalue weighted by atomic mass is 32.2. The molecule has 24 heavy (non-hydrogen) atoms. The summed E-state index contributed by atoms with van der Waals surface area (Å²) in [7, 11) is 0. The van der Waals surface area contributed by atoms with Gasteiger partial charge in [-0.05, 0) is 30.5 Å². The minimum absolute atomic E-state index is 0.0712. The van der Waals surface area contributed by atoms with Gasteiger partial charge in [-0.1, -0.05) is 20.8 Å². The number of ether oxygens (including phenoxy) is 1. The molecule has 1 aliphatic heterocycles. The van der Waals surface area contributed by atoms with Gasteiger partial charge in [-0.3, -0.25) is 9.78 Å². The molecule has 3 rings (SSSR count). The molecule has 0 spiro atoms. The summed E-state index contributed by atoms with van der Waals surface area (Å²) in [5, 5.41) is 0. The van der Waals surface area contributed by atoms with Crippen molar-refractivity contribution in [3.63, 3.8) is 0 Å². The summed E-state index contributed by atoms with van der Waals surface area (Å²) in [6, 6.07) is 4.35. The number of aromatic nitrogens is 1. The molecule has 0 N–H and O–H groups in total. The van der Waals surface area contributed by atoms with Crippen molar-refractivity contribution in [3.8, 4) is 0 Å². The van der Waals surface area contributed by atoms with Crippen LogP contribution in [0, 0.1) is 11.3 Å². The molecule has 1 aromatic heterocycles. The maximum Gasteiger partial charge on any atom is 0.232 e. The normalized spacial score (nSPS) is 27.4. The van der Waals surface area contributed by atoms with Crippen molar-refractivity contribution in [2.45, 2.75) is 51.5 Å². The molecular formula is C19H28N2O2S. The Morgan fingerprint density at radius 2 is 2.17 bits per heavy atom. The van der Waals surface area contributed by atoms with Crippen LogP contribution in [-0.2, 0) is 15.3 Å². The lowest BCUT2D eigenvalue weighted by molar-refractivity contribution is -0.169. The van der Waals surface area contributed by atoms with Crippen molar-refractivity contribution in [2.75, 3.05) is 18.9 Å². The van der Waals surface area contributed by atoms with E-state index in [4.69, 9.17) is 4.74 Å². The van der Waals surface area contributed by atoms with Gasteiger partial charge in [0, 0.05) is 48.7 Å². The van der Waals surface area contributed by atoms with Crippen LogP contribution in [0.2, 0.25) is 0 Å². The predicted molar refractivity (Wildman–Crippen MR) is 97.8 cm³/mol. The fourth-order valence-corrected chi connectivity index (χ4v) is 5.28. The van der Waals surface area contributed by atoms with Gasteiger partial charge in [0.1, 0.15) is 0 Å². The summed E-state index contributed by atoms with van der Waals surface area (Å²) in [5.41, 5.74) is 1.29. The first-order chi connectivity index (χ1) is 11.6. The molecule has 0 aromatic carbocycles. The van der Waals surface area contributed by atoms with Crippen molar-refractivity contribution < 1.29 is 9.53 Å². The standard InChI is InChI=1S/C19H28N2O2S/c1-4-10-21(17-15-7-11-23-18(15)19(17,2)3)16(22)13-24-12-14-5-8-20-9-6-14/h5-6,8-9,15,17-18H,4,7,10-13H2,1-3H3/t15-,17+,18-/m0/s1. The summed E-state index contributed by atoms with van der Waals surface area (Å²) in [4.78, 5) is 19.1. The number of nitrogens with zero attached hydrogens (tertiary/aromatic N) is 2. The largest absolute Gasteiger partial charge is 0.377 e. The number of hydrogen-bond acceptors (Lipinski definition) is 4. The van der Waals surface area contributed by atoms with Gasteiger partial charge < -0.3 is 9.64 Å². The Morgan fingerprint density at radius 3 is 2.88 bits per heavy atom. The Balaban J connectivity index is 1.59. The smallest absolute Gasteiger partial charge is 0.232 e. The van der Waals surface area contributed by atoms with Gasteiger partial charge in [0.25, 0.3) is 0 Å². The summed E-state index contributed by atoms with van der Waals surface area (Å²) < 4.78 is 5.90. The maximum absolute atomic E-state index is 12.9. The minimum Gasteiger partial charge on any atom is -0.377 e. The van der Waals surface area contributed by atoms with Crippen molar-refractivity contribution in [2.24, 2.45) is 11.3 Å².